The van der Waals surface area contributed by atoms with Crippen LogP contribution in [0.5, 0.6) is 0 Å². The van der Waals surface area contributed by atoms with Gasteiger partial charge in [0.05, 0.1) is 6.10 Å². The van der Waals surface area contributed by atoms with E-state index in [9.17, 15) is 0 Å². The molecule has 0 unspecified atom stereocenters. The third kappa shape index (κ3) is 2.30. The van der Waals surface area contributed by atoms with E-state index >= 15 is 0 Å². The first kappa shape index (κ1) is 8.06. The van der Waals surface area contributed by atoms with Crippen molar-refractivity contribution in [2.45, 2.75) is 45.6 Å². The van der Waals surface area contributed by atoms with Crippen LogP contribution in [0.25, 0.3) is 0 Å². The van der Waals surface area contributed by atoms with E-state index in [4.69, 9.17) is 5.11 Å². The number of rotatable bonds is 3. The van der Waals surface area contributed by atoms with Crippen molar-refractivity contribution in [1.29, 1.82) is 0 Å². The fourth-order valence-corrected chi connectivity index (χ4v) is 1.51. The van der Waals surface area contributed by atoms with Gasteiger partial charge in [-0.1, -0.05) is 26.7 Å². The predicted molar refractivity (Wildman–Crippen MR) is 42.8 cm³/mol. The first-order valence-electron chi connectivity index (χ1n) is 4.36. The topological polar surface area (TPSA) is 20.2 Å². The lowest BCUT2D eigenvalue weighted by Crippen LogP contribution is -2.28. The normalized spacial score (nSPS) is 32.4. The van der Waals surface area contributed by atoms with Crippen molar-refractivity contribution in [2.24, 2.45) is 11.8 Å². The van der Waals surface area contributed by atoms with Crippen molar-refractivity contribution in [3.63, 3.8) is 0 Å². The molecule has 1 fully saturated rings. The maximum Gasteiger partial charge on any atom is 0.0545 e. The van der Waals surface area contributed by atoms with Gasteiger partial charge in [-0.2, -0.15) is 0 Å². The van der Waals surface area contributed by atoms with Crippen molar-refractivity contribution >= 4 is 0 Å². The third-order valence-electron chi connectivity index (χ3n) is 2.36. The zero-order valence-corrected chi connectivity index (χ0v) is 7.01. The van der Waals surface area contributed by atoms with Gasteiger partial charge in [-0.05, 0) is 24.7 Å². The quantitative estimate of drug-likeness (QED) is 0.640. The summed E-state index contributed by atoms with van der Waals surface area (Å²) < 4.78 is 0. The van der Waals surface area contributed by atoms with Crippen molar-refractivity contribution < 1.29 is 5.11 Å². The molecule has 0 aliphatic heterocycles. The Morgan fingerprint density at radius 2 is 2.00 bits per heavy atom. The monoisotopic (exact) mass is 142 g/mol. The molecular weight excluding hydrogens is 124 g/mol. The van der Waals surface area contributed by atoms with E-state index in [-0.39, 0.29) is 6.10 Å². The highest BCUT2D eigenvalue weighted by molar-refractivity contribution is 4.78. The van der Waals surface area contributed by atoms with Gasteiger partial charge in [0, 0.05) is 0 Å². The van der Waals surface area contributed by atoms with Gasteiger partial charge in [0.1, 0.15) is 0 Å². The number of aliphatic hydroxyl groups excluding tert-OH is 1. The summed E-state index contributed by atoms with van der Waals surface area (Å²) in [6.45, 7) is 4.52. The molecule has 0 spiro atoms. The van der Waals surface area contributed by atoms with Crippen molar-refractivity contribution in [3.05, 3.63) is 0 Å². The Morgan fingerprint density at radius 3 is 2.40 bits per heavy atom. The van der Waals surface area contributed by atoms with Crippen LogP contribution in [0.4, 0.5) is 0 Å². The average molecular weight is 142 g/mol. The van der Waals surface area contributed by atoms with E-state index in [1.165, 1.54) is 12.8 Å². The lowest BCUT2D eigenvalue weighted by Gasteiger charge is -2.31. The maximum absolute atomic E-state index is 8.98. The molecule has 0 aromatic heterocycles. The molecule has 0 aromatic rings. The van der Waals surface area contributed by atoms with Crippen LogP contribution in [0, 0.1) is 11.8 Å². The van der Waals surface area contributed by atoms with Crippen molar-refractivity contribution in [2.75, 3.05) is 0 Å². The van der Waals surface area contributed by atoms with Gasteiger partial charge in [-0.25, -0.2) is 0 Å². The summed E-state index contributed by atoms with van der Waals surface area (Å²) in [5.41, 5.74) is 0. The molecule has 1 rings (SSSR count). The standard InChI is InChI=1S/C9H18O/c1-7(2)3-4-8-5-9(10)6-8/h7-10H,3-6H2,1-2H3. The molecular formula is C9H18O. The molecule has 1 N–H and O–H groups in total. The van der Waals surface area contributed by atoms with Gasteiger partial charge in [0.2, 0.25) is 0 Å². The van der Waals surface area contributed by atoms with Crippen molar-refractivity contribution in [3.8, 4) is 0 Å². The van der Waals surface area contributed by atoms with Crippen LogP contribution in [0.3, 0.4) is 0 Å². The molecule has 1 aliphatic carbocycles. The highest BCUT2D eigenvalue weighted by Crippen LogP contribution is 2.31. The second-order valence-corrected chi connectivity index (χ2v) is 3.96. The van der Waals surface area contributed by atoms with Gasteiger partial charge in [-0.3, -0.25) is 0 Å². The van der Waals surface area contributed by atoms with E-state index in [1.807, 2.05) is 0 Å². The molecule has 0 aromatic carbocycles. The minimum absolute atomic E-state index is 0.0390. The van der Waals surface area contributed by atoms with E-state index in [0.29, 0.717) is 0 Å². The highest BCUT2D eigenvalue weighted by atomic mass is 16.3. The minimum Gasteiger partial charge on any atom is -0.393 e. The smallest absolute Gasteiger partial charge is 0.0545 e. The number of aliphatic hydroxyl groups is 1. The third-order valence-corrected chi connectivity index (χ3v) is 2.36. The SMILES string of the molecule is CC(C)CCC1CC(O)C1. The average Bonchev–Trinajstić information content (AvgIpc) is 1.77. The number of hydrogen-bond acceptors (Lipinski definition) is 1. The zero-order chi connectivity index (χ0) is 7.56. The predicted octanol–water partition coefficient (Wildman–Crippen LogP) is 2.19. The Morgan fingerprint density at radius 1 is 1.40 bits per heavy atom. The molecule has 1 aliphatic rings. The molecule has 1 nitrogen and oxygen atoms in total. The molecule has 1 heteroatoms. The van der Waals surface area contributed by atoms with Crippen LogP contribution in [0.2, 0.25) is 0 Å². The summed E-state index contributed by atoms with van der Waals surface area (Å²) >= 11 is 0. The summed E-state index contributed by atoms with van der Waals surface area (Å²) in [5, 5.41) is 8.98. The largest absolute Gasteiger partial charge is 0.393 e. The van der Waals surface area contributed by atoms with E-state index in [0.717, 1.165) is 24.7 Å². The fourth-order valence-electron chi connectivity index (χ4n) is 1.51. The van der Waals surface area contributed by atoms with Gasteiger partial charge in [0.25, 0.3) is 0 Å². The number of hydrogen-bond donors (Lipinski definition) is 1. The Balaban J connectivity index is 1.95. The molecule has 1 saturated carbocycles. The van der Waals surface area contributed by atoms with E-state index in [1.54, 1.807) is 0 Å². The van der Waals surface area contributed by atoms with Crippen LogP contribution in [-0.4, -0.2) is 11.2 Å². The molecule has 0 atom stereocenters. The molecule has 0 heterocycles. The van der Waals surface area contributed by atoms with Crippen LogP contribution < -0.4 is 0 Å². The lowest BCUT2D eigenvalue weighted by molar-refractivity contribution is 0.0368. The lowest BCUT2D eigenvalue weighted by atomic mass is 9.78. The van der Waals surface area contributed by atoms with Gasteiger partial charge >= 0.3 is 0 Å². The Kier molecular flexibility index (Phi) is 2.72. The summed E-state index contributed by atoms with van der Waals surface area (Å²) in [5.74, 6) is 1.68. The maximum atomic E-state index is 8.98. The summed E-state index contributed by atoms with van der Waals surface area (Å²) in [7, 11) is 0. The van der Waals surface area contributed by atoms with Gasteiger partial charge < -0.3 is 5.11 Å². The summed E-state index contributed by atoms with van der Waals surface area (Å²) in [6.07, 6.45) is 4.82. The molecule has 60 valence electrons. The Bertz CT molecular complexity index is 92.9. The molecule has 0 saturated heterocycles. The van der Waals surface area contributed by atoms with Crippen LogP contribution in [-0.2, 0) is 0 Å². The molecule has 0 bridgehead atoms. The van der Waals surface area contributed by atoms with Crippen molar-refractivity contribution in [1.82, 2.24) is 0 Å². The summed E-state index contributed by atoms with van der Waals surface area (Å²) in [4.78, 5) is 0. The van der Waals surface area contributed by atoms with E-state index < -0.39 is 0 Å². The highest BCUT2D eigenvalue weighted by Gasteiger charge is 2.26. The second-order valence-electron chi connectivity index (χ2n) is 3.96. The van der Waals surface area contributed by atoms with Crippen LogP contribution in [0.15, 0.2) is 0 Å². The van der Waals surface area contributed by atoms with Crippen LogP contribution in [0.1, 0.15) is 39.5 Å². The second kappa shape index (κ2) is 3.38. The molecule has 0 radical (unpaired) electrons. The van der Waals surface area contributed by atoms with E-state index in [2.05, 4.69) is 13.8 Å². The van der Waals surface area contributed by atoms with Crippen LogP contribution >= 0.6 is 0 Å². The molecule has 10 heavy (non-hydrogen) atoms. The Hall–Kier alpha value is -0.0400. The first-order chi connectivity index (χ1) is 4.68. The summed E-state index contributed by atoms with van der Waals surface area (Å²) in [6, 6.07) is 0. The molecule has 0 amide bonds. The van der Waals surface area contributed by atoms with Gasteiger partial charge in [0.15, 0.2) is 0 Å². The van der Waals surface area contributed by atoms with Gasteiger partial charge in [-0.15, -0.1) is 0 Å². The first-order valence-corrected chi connectivity index (χ1v) is 4.36. The minimum atomic E-state index is 0.0390. The Labute approximate surface area is 63.4 Å². The fraction of sp³-hybridized carbons (Fsp3) is 1.00. The zero-order valence-electron chi connectivity index (χ0n) is 7.01.